The zero-order valence-electron chi connectivity index (χ0n) is 23.4. The molecule has 1 amide bonds. The Morgan fingerprint density at radius 2 is 1.93 bits per heavy atom. The van der Waals surface area contributed by atoms with Crippen LogP contribution in [0.15, 0.2) is 47.5 Å². The number of hydrogen-bond donors (Lipinski definition) is 4. The summed E-state index contributed by atoms with van der Waals surface area (Å²) in [6.07, 6.45) is 4.23. The Morgan fingerprint density at radius 3 is 2.63 bits per heavy atom. The first-order valence-corrected chi connectivity index (χ1v) is 17.5. The lowest BCUT2D eigenvalue weighted by molar-refractivity contribution is 0.0898. The van der Waals surface area contributed by atoms with Crippen molar-refractivity contribution < 1.29 is 32.1 Å². The Morgan fingerprint density at radius 1 is 1.19 bits per heavy atom. The van der Waals surface area contributed by atoms with Crippen LogP contribution in [-0.4, -0.2) is 76.5 Å². The summed E-state index contributed by atoms with van der Waals surface area (Å²) in [7, 11) is -7.93. The summed E-state index contributed by atoms with van der Waals surface area (Å²) in [5, 5.41) is 4.86. The number of aromatic amines is 1. The number of H-pyrrole nitrogens is 1. The van der Waals surface area contributed by atoms with Crippen LogP contribution in [-0.2, 0) is 18.9 Å². The van der Waals surface area contributed by atoms with Crippen LogP contribution < -0.4 is 5.32 Å². The highest BCUT2D eigenvalue weighted by Crippen LogP contribution is 2.40. The normalized spacial score (nSPS) is 17.1. The molecule has 228 valence electrons. The summed E-state index contributed by atoms with van der Waals surface area (Å²) in [6.45, 7) is 3.48. The number of phosphoric ester groups is 1. The monoisotopic (exact) mass is 646 g/mol. The number of phosphoric acid groups is 1. The minimum atomic E-state index is -4.50. The first kappa shape index (κ1) is 30.2. The Bertz CT molecular complexity index is 1880. The average molecular weight is 647 g/mol. The average Bonchev–Trinajstić information content (AvgIpc) is 3.76. The van der Waals surface area contributed by atoms with Crippen LogP contribution in [0, 0.1) is 6.92 Å². The molecule has 2 aliphatic rings. The number of pyridine rings is 1. The molecule has 1 saturated carbocycles. The van der Waals surface area contributed by atoms with Gasteiger partial charge in [0.2, 0.25) is 0 Å². The number of sulfone groups is 1. The lowest BCUT2D eigenvalue weighted by Gasteiger charge is -2.32. The van der Waals surface area contributed by atoms with Gasteiger partial charge in [0.15, 0.2) is 9.84 Å². The molecular weight excluding hydrogens is 615 g/mol. The molecule has 1 aliphatic heterocycles. The van der Waals surface area contributed by atoms with Gasteiger partial charge in [0, 0.05) is 48.2 Å². The highest BCUT2D eigenvalue weighted by molar-refractivity contribution is 7.92. The van der Waals surface area contributed by atoms with E-state index in [1.54, 1.807) is 24.4 Å². The van der Waals surface area contributed by atoms with E-state index in [4.69, 9.17) is 21.4 Å². The molecule has 4 aromatic rings. The lowest BCUT2D eigenvalue weighted by atomic mass is 9.93. The second-order valence-corrected chi connectivity index (χ2v) is 15.1. The van der Waals surface area contributed by atoms with Crippen molar-refractivity contribution >= 4 is 57.1 Å². The van der Waals surface area contributed by atoms with E-state index >= 15 is 0 Å². The summed E-state index contributed by atoms with van der Waals surface area (Å²) in [5.41, 5.74) is 3.91. The zero-order valence-corrected chi connectivity index (χ0v) is 25.9. The topological polar surface area (TPSA) is 162 Å². The van der Waals surface area contributed by atoms with Crippen molar-refractivity contribution in [3.8, 4) is 11.1 Å². The number of halogens is 1. The van der Waals surface area contributed by atoms with Crippen molar-refractivity contribution in [2.24, 2.45) is 0 Å². The van der Waals surface area contributed by atoms with Crippen molar-refractivity contribution in [2.75, 3.05) is 26.2 Å². The van der Waals surface area contributed by atoms with E-state index in [9.17, 15) is 17.8 Å². The van der Waals surface area contributed by atoms with E-state index in [0.29, 0.717) is 72.7 Å². The molecule has 2 fully saturated rings. The number of carbonyl (C=O) groups excluding carboxylic acids is 1. The Kier molecular flexibility index (Phi) is 8.14. The van der Waals surface area contributed by atoms with Crippen molar-refractivity contribution in [1.29, 1.82) is 0 Å². The zero-order chi connectivity index (χ0) is 30.5. The van der Waals surface area contributed by atoms with E-state index in [1.165, 1.54) is 0 Å². The van der Waals surface area contributed by atoms with Gasteiger partial charge in [-0.3, -0.25) is 9.32 Å². The molecule has 0 bridgehead atoms. The van der Waals surface area contributed by atoms with Gasteiger partial charge in [-0.25, -0.2) is 18.0 Å². The lowest BCUT2D eigenvalue weighted by Crippen LogP contribution is -2.45. The maximum Gasteiger partial charge on any atom is 0.469 e. The van der Waals surface area contributed by atoms with E-state index in [2.05, 4.69) is 19.8 Å². The molecule has 0 spiro atoms. The number of benzene rings is 2. The van der Waals surface area contributed by atoms with Crippen LogP contribution >= 0.6 is 19.4 Å². The summed E-state index contributed by atoms with van der Waals surface area (Å²) >= 11 is 6.32. The van der Waals surface area contributed by atoms with Gasteiger partial charge in [-0.05, 0) is 73.6 Å². The number of piperidine rings is 1. The molecule has 1 saturated heterocycles. The first-order valence-electron chi connectivity index (χ1n) is 14.1. The maximum absolute atomic E-state index is 13.7. The predicted octanol–water partition coefficient (Wildman–Crippen LogP) is 4.58. The molecule has 6 rings (SSSR count). The van der Waals surface area contributed by atoms with Gasteiger partial charge >= 0.3 is 7.82 Å². The number of amides is 1. The van der Waals surface area contributed by atoms with Crippen molar-refractivity contribution in [3.63, 3.8) is 0 Å². The molecule has 4 N–H and O–H groups in total. The Balaban J connectivity index is 1.32. The molecule has 1 aliphatic carbocycles. The van der Waals surface area contributed by atoms with Gasteiger partial charge in [-0.1, -0.05) is 23.7 Å². The highest BCUT2D eigenvalue weighted by atomic mass is 35.5. The third-order valence-corrected chi connectivity index (χ3v) is 11.2. The van der Waals surface area contributed by atoms with Gasteiger partial charge in [-0.15, -0.1) is 0 Å². The third kappa shape index (κ3) is 6.37. The van der Waals surface area contributed by atoms with E-state index in [0.717, 1.165) is 21.9 Å². The fourth-order valence-electron chi connectivity index (χ4n) is 5.79. The first-order chi connectivity index (χ1) is 20.4. The standard InChI is InChI=1S/C29H32ClN4O7PS/c1-17-23(29(35)32-20-7-9-34(10-8-20)11-12-41-42(36,37)38)15-24(26-25-14-19(30)16-31-28(25)33-27(17)26)18-3-2-4-22(13-18)43(39,40)21-5-6-21/h2-4,13-16,20-21H,5-12H2,1H3,(H,31,33)(H,32,35)(H2,36,37,38). The molecule has 11 nitrogen and oxygen atoms in total. The molecule has 43 heavy (non-hydrogen) atoms. The fourth-order valence-corrected chi connectivity index (χ4v) is 7.97. The van der Waals surface area contributed by atoms with Crippen LogP contribution in [0.2, 0.25) is 5.02 Å². The minimum absolute atomic E-state index is 0.0724. The van der Waals surface area contributed by atoms with Gasteiger partial charge in [0.05, 0.1) is 27.3 Å². The van der Waals surface area contributed by atoms with Gasteiger partial charge in [0.1, 0.15) is 5.65 Å². The van der Waals surface area contributed by atoms with E-state index < -0.39 is 17.7 Å². The third-order valence-electron chi connectivity index (χ3n) is 8.23. The Hall–Kier alpha value is -2.83. The quantitative estimate of drug-likeness (QED) is 0.191. The number of aromatic nitrogens is 2. The summed E-state index contributed by atoms with van der Waals surface area (Å²) in [4.78, 5) is 41.6. The van der Waals surface area contributed by atoms with E-state index in [-0.39, 0.29) is 28.7 Å². The largest absolute Gasteiger partial charge is 0.469 e. The number of hydrogen-bond acceptors (Lipinski definition) is 7. The molecule has 2 aromatic carbocycles. The maximum atomic E-state index is 13.7. The minimum Gasteiger partial charge on any atom is -0.349 e. The number of fused-ring (bicyclic) bond motifs is 3. The van der Waals surface area contributed by atoms with Gasteiger partial charge in [0.25, 0.3) is 5.91 Å². The number of aryl methyl sites for hydroxylation is 1. The van der Waals surface area contributed by atoms with Crippen LogP contribution in [0.3, 0.4) is 0 Å². The molecule has 2 aromatic heterocycles. The summed E-state index contributed by atoms with van der Waals surface area (Å²) in [6, 6.07) is 10.4. The van der Waals surface area contributed by atoms with Crippen molar-refractivity contribution in [2.45, 2.75) is 48.8 Å². The molecule has 0 unspecified atom stereocenters. The smallest absolute Gasteiger partial charge is 0.349 e. The number of rotatable bonds is 9. The van der Waals surface area contributed by atoms with Crippen molar-refractivity contribution in [3.05, 3.63) is 58.7 Å². The van der Waals surface area contributed by atoms with Crippen molar-refractivity contribution in [1.82, 2.24) is 20.2 Å². The van der Waals surface area contributed by atoms with Crippen LogP contribution in [0.1, 0.15) is 41.6 Å². The number of nitrogens with zero attached hydrogens (tertiary/aromatic N) is 2. The predicted molar refractivity (Wildman–Crippen MR) is 164 cm³/mol. The van der Waals surface area contributed by atoms with Gasteiger partial charge in [-0.2, -0.15) is 0 Å². The molecule has 14 heteroatoms. The molecular formula is C29H32ClN4O7PS. The fraction of sp³-hybridized carbons (Fsp3) is 0.379. The Labute approximate surface area is 253 Å². The second-order valence-electron chi connectivity index (χ2n) is 11.2. The number of carbonyl (C=O) groups is 1. The molecule has 3 heterocycles. The van der Waals surface area contributed by atoms with E-state index in [1.807, 2.05) is 30.0 Å². The second kappa shape index (κ2) is 11.6. The van der Waals surface area contributed by atoms with Crippen LogP contribution in [0.5, 0.6) is 0 Å². The summed E-state index contributed by atoms with van der Waals surface area (Å²) < 4.78 is 41.6. The molecule has 0 radical (unpaired) electrons. The number of nitrogens with one attached hydrogen (secondary N) is 2. The molecule has 0 atom stereocenters. The van der Waals surface area contributed by atoms with Gasteiger partial charge < -0.3 is 25.0 Å². The van der Waals surface area contributed by atoms with Crippen LogP contribution in [0.4, 0.5) is 0 Å². The summed E-state index contributed by atoms with van der Waals surface area (Å²) in [5.74, 6) is -0.240. The highest BCUT2D eigenvalue weighted by Gasteiger charge is 2.37. The van der Waals surface area contributed by atoms with Crippen LogP contribution in [0.25, 0.3) is 33.1 Å². The number of likely N-dealkylation sites (tertiary alicyclic amines) is 1. The SMILES string of the molecule is Cc1c(C(=O)NC2CCN(CCOP(=O)(O)O)CC2)cc(-c2cccc(S(=O)(=O)C3CC3)c2)c2c1[nH]c1ncc(Cl)cc12.